The molecule has 0 aliphatic heterocycles. The highest BCUT2D eigenvalue weighted by molar-refractivity contribution is 4.90. The molecule has 0 aliphatic carbocycles. The molecule has 1 rings (SSSR count). The standard InChI is InChI=1S/C36H70N2/c1-5-8-11-13-15-17-18-19-20-21-22-24-26-28-31-35(30-27-25-23-16-14-12-9-6-2)36-37-32-33-38(36)34(4)29-10-7-3/h32-35H,5-31H2,1-4H3/p+1. The molecule has 38 heavy (non-hydrogen) atoms. The molecule has 0 aromatic carbocycles. The van der Waals surface area contributed by atoms with Crippen LogP contribution in [-0.2, 0) is 0 Å². The average molecular weight is 532 g/mol. The predicted molar refractivity (Wildman–Crippen MR) is 170 cm³/mol. The molecule has 2 atom stereocenters. The second-order valence-electron chi connectivity index (χ2n) is 12.6. The summed E-state index contributed by atoms with van der Waals surface area (Å²) in [6.07, 6.45) is 42.8. The molecule has 224 valence electrons. The van der Waals surface area contributed by atoms with Crippen molar-refractivity contribution >= 4 is 0 Å². The second kappa shape index (κ2) is 26.4. The lowest BCUT2D eigenvalue weighted by molar-refractivity contribution is -0.727. The SMILES string of the molecule is CCCCCCCCCCCCCCCCC(CCCCCCCCCC)c1[nH]cc[n+]1C(C)CCCC. The quantitative estimate of drug-likeness (QED) is 0.0783. The highest BCUT2D eigenvalue weighted by atomic mass is 15.1. The maximum absolute atomic E-state index is 3.70. The summed E-state index contributed by atoms with van der Waals surface area (Å²) in [5.41, 5.74) is 0. The fourth-order valence-electron chi connectivity index (χ4n) is 6.24. The Morgan fingerprint density at radius 2 is 0.868 bits per heavy atom. The molecule has 1 aromatic heterocycles. The lowest BCUT2D eigenvalue weighted by atomic mass is 9.92. The van der Waals surface area contributed by atoms with Crippen LogP contribution >= 0.6 is 0 Å². The molecule has 0 amide bonds. The predicted octanol–water partition coefficient (Wildman–Crippen LogP) is 12.5. The number of aromatic nitrogens is 2. The Morgan fingerprint density at radius 3 is 1.26 bits per heavy atom. The van der Waals surface area contributed by atoms with Gasteiger partial charge in [0.05, 0.1) is 12.0 Å². The van der Waals surface area contributed by atoms with Crippen LogP contribution in [0.3, 0.4) is 0 Å². The Kier molecular flexibility index (Phi) is 24.5. The molecule has 0 radical (unpaired) electrons. The monoisotopic (exact) mass is 532 g/mol. The van der Waals surface area contributed by atoms with Gasteiger partial charge in [-0.1, -0.05) is 168 Å². The molecule has 2 unspecified atom stereocenters. The Hall–Kier alpha value is -0.790. The summed E-state index contributed by atoms with van der Waals surface area (Å²) in [5.74, 6) is 2.23. The smallest absolute Gasteiger partial charge is 0.247 e. The van der Waals surface area contributed by atoms with Crippen LogP contribution in [0, 0.1) is 0 Å². The van der Waals surface area contributed by atoms with Gasteiger partial charge in [0.2, 0.25) is 0 Å². The molecule has 0 saturated heterocycles. The van der Waals surface area contributed by atoms with Gasteiger partial charge < -0.3 is 0 Å². The maximum atomic E-state index is 3.70. The van der Waals surface area contributed by atoms with Gasteiger partial charge in [0.25, 0.3) is 5.82 Å². The van der Waals surface area contributed by atoms with Gasteiger partial charge in [0.15, 0.2) is 0 Å². The number of aromatic amines is 1. The number of nitrogens with zero attached hydrogens (tertiary/aromatic N) is 1. The first kappa shape index (κ1) is 35.2. The van der Waals surface area contributed by atoms with Crippen molar-refractivity contribution in [2.75, 3.05) is 0 Å². The van der Waals surface area contributed by atoms with Crippen molar-refractivity contribution in [2.45, 2.75) is 213 Å². The molecule has 0 bridgehead atoms. The fourth-order valence-corrected chi connectivity index (χ4v) is 6.24. The van der Waals surface area contributed by atoms with Gasteiger partial charge in [0, 0.05) is 0 Å². The number of hydrogen-bond donors (Lipinski definition) is 1. The minimum atomic E-state index is 0.619. The Labute approximate surface area is 240 Å². The number of rotatable bonds is 29. The van der Waals surface area contributed by atoms with E-state index < -0.39 is 0 Å². The van der Waals surface area contributed by atoms with E-state index in [9.17, 15) is 0 Å². The number of imidazole rings is 1. The zero-order valence-corrected chi connectivity index (χ0v) is 26.8. The maximum Gasteiger partial charge on any atom is 0.257 e. The summed E-state index contributed by atoms with van der Waals surface area (Å²) in [4.78, 5) is 3.70. The van der Waals surface area contributed by atoms with Crippen LogP contribution in [0.4, 0.5) is 0 Å². The minimum Gasteiger partial charge on any atom is -0.247 e. The van der Waals surface area contributed by atoms with Crippen LogP contribution in [-0.4, -0.2) is 4.98 Å². The minimum absolute atomic E-state index is 0.619. The Bertz CT molecular complexity index is 592. The fraction of sp³-hybridized carbons (Fsp3) is 0.917. The molecular weight excluding hydrogens is 460 g/mol. The van der Waals surface area contributed by atoms with Gasteiger partial charge in [-0.15, -0.1) is 0 Å². The molecule has 1 heterocycles. The average Bonchev–Trinajstić information content (AvgIpc) is 3.42. The van der Waals surface area contributed by atoms with E-state index in [1.165, 1.54) is 179 Å². The van der Waals surface area contributed by atoms with E-state index in [1.54, 1.807) is 0 Å². The molecular formula is C36H71N2+. The Morgan fingerprint density at radius 1 is 0.500 bits per heavy atom. The van der Waals surface area contributed by atoms with E-state index in [1.807, 2.05) is 0 Å². The zero-order chi connectivity index (χ0) is 27.5. The highest BCUT2D eigenvalue weighted by Crippen LogP contribution is 2.27. The lowest BCUT2D eigenvalue weighted by Crippen LogP contribution is -2.41. The van der Waals surface area contributed by atoms with E-state index in [0.29, 0.717) is 12.0 Å². The van der Waals surface area contributed by atoms with Crippen LogP contribution in [0.15, 0.2) is 12.4 Å². The lowest BCUT2D eigenvalue weighted by Gasteiger charge is -2.17. The van der Waals surface area contributed by atoms with Gasteiger partial charge >= 0.3 is 0 Å². The van der Waals surface area contributed by atoms with E-state index in [4.69, 9.17) is 0 Å². The van der Waals surface area contributed by atoms with Gasteiger partial charge in [-0.25, -0.2) is 9.55 Å². The summed E-state index contributed by atoms with van der Waals surface area (Å²) in [5, 5.41) is 0. The van der Waals surface area contributed by atoms with Crippen LogP contribution < -0.4 is 4.57 Å². The highest BCUT2D eigenvalue weighted by Gasteiger charge is 2.25. The third-order valence-electron chi connectivity index (χ3n) is 8.89. The molecule has 2 heteroatoms. The zero-order valence-electron chi connectivity index (χ0n) is 26.8. The molecule has 0 aliphatic rings. The first-order valence-corrected chi connectivity index (χ1v) is 17.8. The van der Waals surface area contributed by atoms with E-state index in [0.717, 1.165) is 0 Å². The topological polar surface area (TPSA) is 19.7 Å². The van der Waals surface area contributed by atoms with E-state index >= 15 is 0 Å². The number of unbranched alkanes of at least 4 members (excludes halogenated alkanes) is 21. The van der Waals surface area contributed by atoms with Gasteiger partial charge in [-0.05, 0) is 32.6 Å². The van der Waals surface area contributed by atoms with Crippen molar-refractivity contribution in [3.8, 4) is 0 Å². The third-order valence-corrected chi connectivity index (χ3v) is 8.89. The van der Waals surface area contributed by atoms with Crippen LogP contribution in [0.5, 0.6) is 0 Å². The van der Waals surface area contributed by atoms with Crippen molar-refractivity contribution in [1.82, 2.24) is 4.98 Å². The number of nitrogens with one attached hydrogen (secondary N) is 1. The largest absolute Gasteiger partial charge is 0.257 e. The summed E-state index contributed by atoms with van der Waals surface area (Å²) < 4.78 is 2.59. The summed E-state index contributed by atoms with van der Waals surface area (Å²) in [7, 11) is 0. The Balaban J connectivity index is 2.30. The second-order valence-corrected chi connectivity index (χ2v) is 12.6. The van der Waals surface area contributed by atoms with E-state index in [2.05, 4.69) is 49.6 Å². The summed E-state index contributed by atoms with van der Waals surface area (Å²) in [6.45, 7) is 9.36. The van der Waals surface area contributed by atoms with E-state index in [-0.39, 0.29) is 0 Å². The summed E-state index contributed by atoms with van der Waals surface area (Å²) >= 11 is 0. The van der Waals surface area contributed by atoms with Gasteiger partial charge in [-0.3, -0.25) is 0 Å². The first-order valence-electron chi connectivity index (χ1n) is 17.8. The normalized spacial score (nSPS) is 13.3. The number of hydrogen-bond acceptors (Lipinski definition) is 0. The van der Waals surface area contributed by atoms with Crippen molar-refractivity contribution < 1.29 is 4.57 Å². The van der Waals surface area contributed by atoms with Crippen molar-refractivity contribution in [3.63, 3.8) is 0 Å². The van der Waals surface area contributed by atoms with Crippen LogP contribution in [0.25, 0.3) is 0 Å². The van der Waals surface area contributed by atoms with Gasteiger partial charge in [0.1, 0.15) is 12.4 Å². The van der Waals surface area contributed by atoms with Crippen LogP contribution in [0.1, 0.15) is 219 Å². The summed E-state index contributed by atoms with van der Waals surface area (Å²) in [6, 6.07) is 0.619. The molecule has 2 nitrogen and oxygen atoms in total. The number of H-pyrrole nitrogens is 1. The molecule has 1 aromatic rings. The van der Waals surface area contributed by atoms with Crippen molar-refractivity contribution in [3.05, 3.63) is 18.2 Å². The molecule has 0 fully saturated rings. The molecule has 0 saturated carbocycles. The van der Waals surface area contributed by atoms with Gasteiger partial charge in [-0.2, -0.15) is 0 Å². The third kappa shape index (κ3) is 18.5. The molecule has 0 spiro atoms. The van der Waals surface area contributed by atoms with Crippen LogP contribution in [0.2, 0.25) is 0 Å². The van der Waals surface area contributed by atoms with Crippen molar-refractivity contribution in [1.29, 1.82) is 0 Å². The van der Waals surface area contributed by atoms with Crippen molar-refractivity contribution in [2.24, 2.45) is 0 Å². The first-order chi connectivity index (χ1) is 18.7. The molecule has 1 N–H and O–H groups in total.